The number of nitrogens with one attached hydrogen (secondary N) is 1. The van der Waals surface area contributed by atoms with Gasteiger partial charge in [-0.15, -0.1) is 11.8 Å². The van der Waals surface area contributed by atoms with Crippen LogP contribution in [0.1, 0.15) is 25.7 Å². The van der Waals surface area contributed by atoms with E-state index in [9.17, 15) is 4.79 Å². The molecule has 0 aliphatic carbocycles. The predicted molar refractivity (Wildman–Crippen MR) is 100 cm³/mol. The number of hydrogen-bond donors (Lipinski definition) is 2. The molecule has 2 aromatic rings. The molecule has 3 N–H and O–H groups in total. The highest BCUT2D eigenvalue weighted by Crippen LogP contribution is 2.23. The molecule has 0 aliphatic rings. The second-order valence-electron chi connectivity index (χ2n) is 5.29. The van der Waals surface area contributed by atoms with E-state index in [0.717, 1.165) is 35.7 Å². The first kappa shape index (κ1) is 17.7. The number of nitrogens with two attached hydrogens (primary N) is 1. The van der Waals surface area contributed by atoms with Crippen LogP contribution in [0.5, 0.6) is 0 Å². The van der Waals surface area contributed by atoms with Crippen molar-refractivity contribution in [3.8, 4) is 0 Å². The van der Waals surface area contributed by atoms with Crippen molar-refractivity contribution in [3.63, 3.8) is 0 Å². The van der Waals surface area contributed by atoms with E-state index in [0.29, 0.717) is 12.1 Å². The lowest BCUT2D eigenvalue weighted by molar-refractivity contribution is -0.116. The number of carbonyl (C=O) groups excluding carboxylic acids is 1. The molecule has 122 valence electrons. The predicted octanol–water partition coefficient (Wildman–Crippen LogP) is 5.21. The summed E-state index contributed by atoms with van der Waals surface area (Å²) in [6, 6.07) is 15.1. The Kier molecular flexibility index (Phi) is 7.30. The molecule has 0 atom stereocenters. The van der Waals surface area contributed by atoms with Gasteiger partial charge in [-0.05, 0) is 55.0 Å². The SMILES string of the molecule is Nc1cccc(NC(=O)CCCCCSc2cccc(Cl)c2)c1. The summed E-state index contributed by atoms with van der Waals surface area (Å²) in [5.74, 6) is 1.08. The van der Waals surface area contributed by atoms with Gasteiger partial charge in [0.2, 0.25) is 5.91 Å². The Labute approximate surface area is 146 Å². The van der Waals surface area contributed by atoms with Crippen LogP contribution >= 0.6 is 23.4 Å². The third kappa shape index (κ3) is 6.97. The summed E-state index contributed by atoms with van der Waals surface area (Å²) in [6.07, 6.45) is 3.56. The maximum atomic E-state index is 11.8. The fourth-order valence-corrected chi connectivity index (χ4v) is 3.38. The fourth-order valence-electron chi connectivity index (χ4n) is 2.15. The van der Waals surface area contributed by atoms with E-state index in [1.54, 1.807) is 23.9 Å². The van der Waals surface area contributed by atoms with Crippen LogP contribution in [-0.4, -0.2) is 11.7 Å². The molecule has 0 saturated carbocycles. The zero-order valence-electron chi connectivity index (χ0n) is 12.9. The zero-order valence-corrected chi connectivity index (χ0v) is 14.5. The molecule has 0 aromatic heterocycles. The molecule has 2 rings (SSSR count). The normalized spacial score (nSPS) is 10.5. The lowest BCUT2D eigenvalue weighted by atomic mass is 10.2. The van der Waals surface area contributed by atoms with Gasteiger partial charge in [0.25, 0.3) is 0 Å². The number of benzene rings is 2. The molecule has 0 heterocycles. The Morgan fingerprint density at radius 1 is 1.09 bits per heavy atom. The van der Waals surface area contributed by atoms with Gasteiger partial charge in [-0.2, -0.15) is 0 Å². The van der Waals surface area contributed by atoms with Crippen LogP contribution in [0.15, 0.2) is 53.4 Å². The average molecular weight is 349 g/mol. The maximum Gasteiger partial charge on any atom is 0.224 e. The first-order valence-corrected chi connectivity index (χ1v) is 9.03. The van der Waals surface area contributed by atoms with Gasteiger partial charge in [0.1, 0.15) is 0 Å². The van der Waals surface area contributed by atoms with Gasteiger partial charge in [0.15, 0.2) is 0 Å². The summed E-state index contributed by atoms with van der Waals surface area (Å²) in [5, 5.41) is 3.64. The van der Waals surface area contributed by atoms with Crippen molar-refractivity contribution in [1.82, 2.24) is 0 Å². The van der Waals surface area contributed by atoms with E-state index in [1.165, 1.54) is 4.90 Å². The Hall–Kier alpha value is -1.65. The molecule has 0 unspecified atom stereocenters. The topological polar surface area (TPSA) is 55.1 Å². The van der Waals surface area contributed by atoms with E-state index < -0.39 is 0 Å². The summed E-state index contributed by atoms with van der Waals surface area (Å²) >= 11 is 7.75. The molecule has 0 radical (unpaired) electrons. The fraction of sp³-hybridized carbons (Fsp3) is 0.278. The van der Waals surface area contributed by atoms with Crippen molar-refractivity contribution < 1.29 is 4.79 Å². The van der Waals surface area contributed by atoms with E-state index >= 15 is 0 Å². The molecule has 0 aliphatic heterocycles. The van der Waals surface area contributed by atoms with Gasteiger partial charge >= 0.3 is 0 Å². The van der Waals surface area contributed by atoms with Gasteiger partial charge in [-0.25, -0.2) is 0 Å². The van der Waals surface area contributed by atoms with E-state index in [1.807, 2.05) is 30.3 Å². The largest absolute Gasteiger partial charge is 0.399 e. The smallest absolute Gasteiger partial charge is 0.224 e. The number of rotatable bonds is 8. The molecule has 0 saturated heterocycles. The molecule has 1 amide bonds. The number of anilines is 2. The Morgan fingerprint density at radius 3 is 2.70 bits per heavy atom. The monoisotopic (exact) mass is 348 g/mol. The first-order valence-electron chi connectivity index (χ1n) is 7.67. The van der Waals surface area contributed by atoms with Crippen LogP contribution < -0.4 is 11.1 Å². The van der Waals surface area contributed by atoms with Crippen molar-refractivity contribution in [3.05, 3.63) is 53.6 Å². The molecule has 2 aromatic carbocycles. The minimum Gasteiger partial charge on any atom is -0.399 e. The third-order valence-corrected chi connectivity index (χ3v) is 4.60. The lowest BCUT2D eigenvalue weighted by Gasteiger charge is -2.06. The van der Waals surface area contributed by atoms with Gasteiger partial charge in [0, 0.05) is 27.7 Å². The summed E-state index contributed by atoms with van der Waals surface area (Å²) in [4.78, 5) is 13.0. The van der Waals surface area contributed by atoms with Gasteiger partial charge in [-0.1, -0.05) is 30.2 Å². The van der Waals surface area contributed by atoms with Crippen LogP contribution in [-0.2, 0) is 4.79 Å². The minimum absolute atomic E-state index is 0.0399. The zero-order chi connectivity index (χ0) is 16.5. The number of unbranched alkanes of at least 4 members (excludes halogenated alkanes) is 2. The van der Waals surface area contributed by atoms with Gasteiger partial charge < -0.3 is 11.1 Å². The van der Waals surface area contributed by atoms with Gasteiger partial charge in [0.05, 0.1) is 0 Å². The quantitative estimate of drug-likeness (QED) is 0.391. The second kappa shape index (κ2) is 9.48. The Bertz CT molecular complexity index is 648. The highest BCUT2D eigenvalue weighted by Gasteiger charge is 2.03. The van der Waals surface area contributed by atoms with E-state index in [4.69, 9.17) is 17.3 Å². The molecule has 3 nitrogen and oxygen atoms in total. The highest BCUT2D eigenvalue weighted by molar-refractivity contribution is 7.99. The van der Waals surface area contributed by atoms with E-state index in [-0.39, 0.29) is 5.91 Å². The van der Waals surface area contributed by atoms with Crippen LogP contribution in [0.2, 0.25) is 5.02 Å². The van der Waals surface area contributed by atoms with Gasteiger partial charge in [-0.3, -0.25) is 4.79 Å². The standard InChI is InChI=1S/C18H21ClN2OS/c19-14-6-4-9-17(12-14)23-11-3-1-2-10-18(22)21-16-8-5-7-15(20)13-16/h4-9,12-13H,1-3,10-11,20H2,(H,21,22). The van der Waals surface area contributed by atoms with Crippen molar-refractivity contribution in [2.45, 2.75) is 30.6 Å². The molecule has 0 fully saturated rings. The molecular formula is C18H21ClN2OS. The molecule has 0 spiro atoms. The molecule has 0 bridgehead atoms. The second-order valence-corrected chi connectivity index (χ2v) is 6.89. The molecule has 23 heavy (non-hydrogen) atoms. The van der Waals surface area contributed by atoms with Crippen LogP contribution in [0.3, 0.4) is 0 Å². The highest BCUT2D eigenvalue weighted by atomic mass is 35.5. The summed E-state index contributed by atoms with van der Waals surface area (Å²) in [5.41, 5.74) is 7.09. The molecular weight excluding hydrogens is 328 g/mol. The number of nitrogen functional groups attached to an aromatic ring is 1. The average Bonchev–Trinajstić information content (AvgIpc) is 2.51. The van der Waals surface area contributed by atoms with Crippen molar-refractivity contribution in [2.75, 3.05) is 16.8 Å². The maximum absolute atomic E-state index is 11.8. The number of halogens is 1. The minimum atomic E-state index is 0.0399. The van der Waals surface area contributed by atoms with Crippen molar-refractivity contribution in [1.29, 1.82) is 0 Å². The lowest BCUT2D eigenvalue weighted by Crippen LogP contribution is -2.11. The number of hydrogen-bond acceptors (Lipinski definition) is 3. The van der Waals surface area contributed by atoms with Crippen molar-refractivity contribution in [2.24, 2.45) is 0 Å². The van der Waals surface area contributed by atoms with Crippen molar-refractivity contribution >= 4 is 40.6 Å². The van der Waals surface area contributed by atoms with E-state index in [2.05, 4.69) is 11.4 Å². The molecule has 5 heteroatoms. The number of thioether (sulfide) groups is 1. The van der Waals surface area contributed by atoms with Crippen LogP contribution in [0.25, 0.3) is 0 Å². The number of amides is 1. The third-order valence-electron chi connectivity index (χ3n) is 3.28. The summed E-state index contributed by atoms with van der Waals surface area (Å²) in [6.45, 7) is 0. The van der Waals surface area contributed by atoms with Crippen LogP contribution in [0.4, 0.5) is 11.4 Å². The number of carbonyl (C=O) groups is 1. The first-order chi connectivity index (χ1) is 11.1. The summed E-state index contributed by atoms with van der Waals surface area (Å²) in [7, 11) is 0. The Balaban J connectivity index is 1.57. The summed E-state index contributed by atoms with van der Waals surface area (Å²) < 4.78 is 0. The van der Waals surface area contributed by atoms with Crippen LogP contribution in [0, 0.1) is 0 Å². The Morgan fingerprint density at radius 2 is 1.91 bits per heavy atom.